The lowest BCUT2D eigenvalue weighted by molar-refractivity contribution is -0.384. The highest BCUT2D eigenvalue weighted by atomic mass is 16.6. The summed E-state index contributed by atoms with van der Waals surface area (Å²) in [5.74, 6) is 0.807. The number of fused-ring (bicyclic) bond motifs is 1. The first-order valence-corrected chi connectivity index (χ1v) is 6.21. The van der Waals surface area contributed by atoms with Crippen molar-refractivity contribution >= 4 is 16.8 Å². The number of ether oxygens (including phenoxy) is 1. The van der Waals surface area contributed by atoms with Crippen LogP contribution in [0.25, 0.3) is 11.1 Å². The van der Waals surface area contributed by atoms with Gasteiger partial charge in [0.15, 0.2) is 12.2 Å². The van der Waals surface area contributed by atoms with E-state index in [4.69, 9.17) is 9.15 Å². The molecule has 0 radical (unpaired) electrons. The van der Waals surface area contributed by atoms with Crippen LogP contribution in [0.1, 0.15) is 11.5 Å². The molecule has 0 atom stereocenters. The van der Waals surface area contributed by atoms with Gasteiger partial charge in [-0.1, -0.05) is 6.07 Å². The third kappa shape index (κ3) is 2.81. The number of hydrogen-bond donors (Lipinski definition) is 0. The smallest absolute Gasteiger partial charge is 0.271 e. The summed E-state index contributed by atoms with van der Waals surface area (Å²) in [5, 5.41) is 10.7. The molecule has 7 nitrogen and oxygen atoms in total. The number of benzene rings is 1. The molecule has 0 aliphatic carbocycles. The molecule has 0 amide bonds. The average Bonchev–Trinajstić information content (AvgIpc) is 2.88. The fourth-order valence-corrected chi connectivity index (χ4v) is 1.81. The number of aromatic nitrogens is 2. The minimum absolute atomic E-state index is 0.0246. The number of aryl methyl sites for hydroxylation is 1. The number of nitro benzene ring substituents is 1. The maximum absolute atomic E-state index is 10.7. The van der Waals surface area contributed by atoms with Crippen molar-refractivity contribution in [3.05, 3.63) is 58.1 Å². The van der Waals surface area contributed by atoms with E-state index in [2.05, 4.69) is 9.97 Å². The van der Waals surface area contributed by atoms with Gasteiger partial charge in [-0.15, -0.1) is 0 Å². The first-order valence-electron chi connectivity index (χ1n) is 6.21. The third-order valence-electron chi connectivity index (χ3n) is 2.85. The summed E-state index contributed by atoms with van der Waals surface area (Å²) in [4.78, 5) is 18.5. The SMILES string of the molecule is Cc1ccc(OCc2nc3cc([N+](=O)[O-])ccc3o2)nc1. The van der Waals surface area contributed by atoms with Crippen LogP contribution in [-0.4, -0.2) is 14.9 Å². The van der Waals surface area contributed by atoms with Crippen LogP contribution in [0.2, 0.25) is 0 Å². The van der Waals surface area contributed by atoms with Crippen LogP contribution in [-0.2, 0) is 6.61 Å². The van der Waals surface area contributed by atoms with Crippen molar-refractivity contribution in [2.45, 2.75) is 13.5 Å². The molecule has 0 aliphatic rings. The molecule has 0 aliphatic heterocycles. The number of rotatable bonds is 4. The monoisotopic (exact) mass is 285 g/mol. The fourth-order valence-electron chi connectivity index (χ4n) is 1.81. The van der Waals surface area contributed by atoms with Crippen LogP contribution in [0.15, 0.2) is 40.9 Å². The molecule has 106 valence electrons. The van der Waals surface area contributed by atoms with Crippen LogP contribution in [0.4, 0.5) is 5.69 Å². The molecule has 0 bridgehead atoms. The Morgan fingerprint density at radius 3 is 2.90 bits per heavy atom. The number of nitrogens with zero attached hydrogens (tertiary/aromatic N) is 3. The molecule has 2 aromatic heterocycles. The number of pyridine rings is 1. The maximum atomic E-state index is 10.7. The first kappa shape index (κ1) is 13.0. The van der Waals surface area contributed by atoms with Gasteiger partial charge in [0.05, 0.1) is 4.92 Å². The number of hydrogen-bond acceptors (Lipinski definition) is 6. The zero-order chi connectivity index (χ0) is 14.8. The minimum Gasteiger partial charge on any atom is -0.468 e. The molecular weight excluding hydrogens is 274 g/mol. The Balaban J connectivity index is 1.78. The van der Waals surface area contributed by atoms with E-state index in [9.17, 15) is 10.1 Å². The van der Waals surface area contributed by atoms with Crippen molar-refractivity contribution in [2.24, 2.45) is 0 Å². The minimum atomic E-state index is -0.472. The summed E-state index contributed by atoms with van der Waals surface area (Å²) in [5.41, 5.74) is 1.93. The predicted octanol–water partition coefficient (Wildman–Crippen LogP) is 3.02. The first-order chi connectivity index (χ1) is 10.1. The van der Waals surface area contributed by atoms with Gasteiger partial charge in [-0.3, -0.25) is 10.1 Å². The molecule has 21 heavy (non-hydrogen) atoms. The second-order valence-corrected chi connectivity index (χ2v) is 4.48. The van der Waals surface area contributed by atoms with Gasteiger partial charge in [0.2, 0.25) is 11.8 Å². The average molecular weight is 285 g/mol. The van der Waals surface area contributed by atoms with E-state index in [0.29, 0.717) is 22.9 Å². The highest BCUT2D eigenvalue weighted by molar-refractivity contribution is 5.75. The molecule has 2 heterocycles. The standard InChI is InChI=1S/C14H11N3O4/c1-9-2-5-13(15-7-9)20-8-14-16-11-6-10(17(18)19)3-4-12(11)21-14/h2-7H,8H2,1H3. The molecule has 1 aromatic carbocycles. The molecule has 0 spiro atoms. The lowest BCUT2D eigenvalue weighted by Crippen LogP contribution is -1.97. The molecule has 7 heteroatoms. The van der Waals surface area contributed by atoms with E-state index in [0.717, 1.165) is 5.56 Å². The Labute approximate surface area is 119 Å². The highest BCUT2D eigenvalue weighted by Crippen LogP contribution is 2.22. The van der Waals surface area contributed by atoms with Crippen molar-refractivity contribution in [2.75, 3.05) is 0 Å². The van der Waals surface area contributed by atoms with Crippen LogP contribution in [0.5, 0.6) is 5.88 Å². The Kier molecular flexibility index (Phi) is 3.23. The molecule has 0 N–H and O–H groups in total. The number of oxazole rings is 1. The third-order valence-corrected chi connectivity index (χ3v) is 2.85. The molecule has 3 aromatic rings. The lowest BCUT2D eigenvalue weighted by atomic mass is 10.3. The zero-order valence-electron chi connectivity index (χ0n) is 11.1. The van der Waals surface area contributed by atoms with Crippen molar-refractivity contribution in [1.29, 1.82) is 0 Å². The summed E-state index contributed by atoms with van der Waals surface area (Å²) in [6.07, 6.45) is 1.70. The summed E-state index contributed by atoms with van der Waals surface area (Å²) in [7, 11) is 0. The highest BCUT2D eigenvalue weighted by Gasteiger charge is 2.12. The van der Waals surface area contributed by atoms with Crippen molar-refractivity contribution < 1.29 is 14.1 Å². The van der Waals surface area contributed by atoms with E-state index < -0.39 is 4.92 Å². The normalized spacial score (nSPS) is 10.7. The molecular formula is C14H11N3O4. The van der Waals surface area contributed by atoms with Gasteiger partial charge in [0.25, 0.3) is 5.69 Å². The molecule has 0 saturated carbocycles. The second kappa shape index (κ2) is 5.20. The Bertz CT molecular complexity index is 796. The van der Waals surface area contributed by atoms with Gasteiger partial charge >= 0.3 is 0 Å². The summed E-state index contributed by atoms with van der Waals surface area (Å²) in [6.45, 7) is 2.04. The summed E-state index contributed by atoms with van der Waals surface area (Å²) in [6, 6.07) is 7.90. The van der Waals surface area contributed by atoms with Gasteiger partial charge in [-0.05, 0) is 18.6 Å². The molecule has 0 unspecified atom stereocenters. The van der Waals surface area contributed by atoms with E-state index in [1.54, 1.807) is 12.3 Å². The summed E-state index contributed by atoms with van der Waals surface area (Å²) >= 11 is 0. The second-order valence-electron chi connectivity index (χ2n) is 4.48. The molecule has 3 rings (SSSR count). The van der Waals surface area contributed by atoms with E-state index in [1.165, 1.54) is 18.2 Å². The predicted molar refractivity (Wildman–Crippen MR) is 74.0 cm³/mol. The van der Waals surface area contributed by atoms with Crippen LogP contribution < -0.4 is 4.74 Å². The lowest BCUT2D eigenvalue weighted by Gasteiger charge is -2.01. The molecule has 0 fully saturated rings. The van der Waals surface area contributed by atoms with Gasteiger partial charge in [-0.2, -0.15) is 0 Å². The summed E-state index contributed by atoms with van der Waals surface area (Å²) < 4.78 is 10.9. The Morgan fingerprint density at radius 1 is 1.33 bits per heavy atom. The van der Waals surface area contributed by atoms with E-state index in [-0.39, 0.29) is 12.3 Å². The zero-order valence-corrected chi connectivity index (χ0v) is 11.1. The van der Waals surface area contributed by atoms with Crippen molar-refractivity contribution in [3.8, 4) is 5.88 Å². The van der Waals surface area contributed by atoms with Crippen molar-refractivity contribution in [3.63, 3.8) is 0 Å². The maximum Gasteiger partial charge on any atom is 0.271 e. The molecule has 0 saturated heterocycles. The number of non-ortho nitro benzene ring substituents is 1. The Hall–Kier alpha value is -2.96. The van der Waals surface area contributed by atoms with Gasteiger partial charge in [-0.25, -0.2) is 9.97 Å². The van der Waals surface area contributed by atoms with Crippen LogP contribution >= 0.6 is 0 Å². The Morgan fingerprint density at radius 2 is 2.19 bits per heavy atom. The van der Waals surface area contributed by atoms with E-state index in [1.807, 2.05) is 13.0 Å². The quantitative estimate of drug-likeness (QED) is 0.540. The van der Waals surface area contributed by atoms with Crippen LogP contribution in [0.3, 0.4) is 0 Å². The van der Waals surface area contributed by atoms with Gasteiger partial charge in [0.1, 0.15) is 5.52 Å². The van der Waals surface area contributed by atoms with Crippen molar-refractivity contribution in [1.82, 2.24) is 9.97 Å². The van der Waals surface area contributed by atoms with Gasteiger partial charge in [0, 0.05) is 24.4 Å². The largest absolute Gasteiger partial charge is 0.468 e. The number of nitro groups is 1. The topological polar surface area (TPSA) is 91.3 Å². The fraction of sp³-hybridized carbons (Fsp3) is 0.143. The van der Waals surface area contributed by atoms with E-state index >= 15 is 0 Å². The van der Waals surface area contributed by atoms with Crippen LogP contribution in [0, 0.1) is 17.0 Å². The van der Waals surface area contributed by atoms with Gasteiger partial charge < -0.3 is 9.15 Å².